The Hall–Kier alpha value is -2.68. The Morgan fingerprint density at radius 2 is 1.76 bits per heavy atom. The number of hydrogen-bond acceptors (Lipinski definition) is 6. The summed E-state index contributed by atoms with van der Waals surface area (Å²) < 4.78 is 37.9. The molecular formula is C24H22ClNO6S. The summed E-state index contributed by atoms with van der Waals surface area (Å²) in [5, 5.41) is 0.815. The van der Waals surface area contributed by atoms with E-state index in [2.05, 4.69) is 0 Å². The van der Waals surface area contributed by atoms with Crippen LogP contribution in [0.4, 0.5) is 0 Å². The van der Waals surface area contributed by atoms with Crippen molar-refractivity contribution in [1.82, 2.24) is 4.31 Å². The number of rotatable bonds is 5. The van der Waals surface area contributed by atoms with Gasteiger partial charge in [-0.3, -0.25) is 0 Å². The molecule has 33 heavy (non-hydrogen) atoms. The summed E-state index contributed by atoms with van der Waals surface area (Å²) in [5.41, 5.74) is 2.80. The molecule has 2 aliphatic rings. The SMILES string of the molecule is O=C(OCc1cc(=O)oc2cc3c(cc12)CCC3)c1cc(S(=O)(=O)N2CCCC2)ccc1Cl. The number of ether oxygens (including phenoxy) is 1. The predicted molar refractivity (Wildman–Crippen MR) is 123 cm³/mol. The molecule has 2 heterocycles. The number of hydrogen-bond donors (Lipinski definition) is 0. The third kappa shape index (κ3) is 4.18. The van der Waals surface area contributed by atoms with Crippen LogP contribution in [-0.4, -0.2) is 31.8 Å². The molecule has 1 fully saturated rings. The Morgan fingerprint density at radius 3 is 2.52 bits per heavy atom. The van der Waals surface area contributed by atoms with Crippen molar-refractivity contribution in [2.75, 3.05) is 13.1 Å². The van der Waals surface area contributed by atoms with Crippen LogP contribution in [0, 0.1) is 0 Å². The maximum absolute atomic E-state index is 12.9. The van der Waals surface area contributed by atoms with E-state index in [4.69, 9.17) is 20.8 Å². The second-order valence-corrected chi connectivity index (χ2v) is 10.7. The smallest absolute Gasteiger partial charge is 0.340 e. The van der Waals surface area contributed by atoms with E-state index in [0.29, 0.717) is 24.2 Å². The molecule has 0 N–H and O–H groups in total. The number of fused-ring (bicyclic) bond motifs is 2. The molecule has 9 heteroatoms. The lowest BCUT2D eigenvalue weighted by Gasteiger charge is -2.16. The number of carbonyl (C=O) groups excluding carboxylic acids is 1. The Morgan fingerprint density at radius 1 is 1.03 bits per heavy atom. The van der Waals surface area contributed by atoms with E-state index >= 15 is 0 Å². The number of halogens is 1. The van der Waals surface area contributed by atoms with Gasteiger partial charge in [0, 0.05) is 30.1 Å². The monoisotopic (exact) mass is 487 g/mol. The number of carbonyl (C=O) groups is 1. The molecule has 0 bridgehead atoms. The van der Waals surface area contributed by atoms with E-state index in [0.717, 1.165) is 37.5 Å². The summed E-state index contributed by atoms with van der Waals surface area (Å²) in [5.74, 6) is -0.763. The normalized spacial score (nSPS) is 16.3. The molecule has 1 aliphatic heterocycles. The summed E-state index contributed by atoms with van der Waals surface area (Å²) in [7, 11) is -3.71. The van der Waals surface area contributed by atoms with Crippen molar-refractivity contribution in [2.45, 2.75) is 43.6 Å². The standard InChI is InChI=1S/C24H22ClNO6S/c25-21-7-6-18(33(29,30)26-8-1-2-9-26)13-20(21)24(28)31-14-17-12-23(27)32-22-11-16-5-3-4-15(16)10-19(17)22/h6-7,10-13H,1-5,8-9,14H2. The van der Waals surface area contributed by atoms with Crippen molar-refractivity contribution >= 4 is 38.6 Å². The van der Waals surface area contributed by atoms with Crippen LogP contribution in [0.5, 0.6) is 0 Å². The Labute approximate surface area is 196 Å². The molecule has 2 aromatic carbocycles. The van der Waals surface area contributed by atoms with Crippen LogP contribution in [-0.2, 0) is 34.2 Å². The lowest BCUT2D eigenvalue weighted by atomic mass is 10.0. The highest BCUT2D eigenvalue weighted by molar-refractivity contribution is 7.89. The number of nitrogens with zero attached hydrogens (tertiary/aromatic N) is 1. The fraction of sp³-hybridized carbons (Fsp3) is 0.333. The van der Waals surface area contributed by atoms with Gasteiger partial charge >= 0.3 is 11.6 Å². The van der Waals surface area contributed by atoms with Gasteiger partial charge in [-0.15, -0.1) is 0 Å². The molecular weight excluding hydrogens is 466 g/mol. The van der Waals surface area contributed by atoms with E-state index in [9.17, 15) is 18.0 Å². The van der Waals surface area contributed by atoms with E-state index in [1.807, 2.05) is 12.1 Å². The highest BCUT2D eigenvalue weighted by Gasteiger charge is 2.28. The highest BCUT2D eigenvalue weighted by Crippen LogP contribution is 2.30. The van der Waals surface area contributed by atoms with Crippen LogP contribution in [0.25, 0.3) is 11.0 Å². The van der Waals surface area contributed by atoms with Gasteiger partial charge in [-0.1, -0.05) is 11.6 Å². The molecule has 7 nitrogen and oxygen atoms in total. The van der Waals surface area contributed by atoms with E-state index in [-0.39, 0.29) is 22.1 Å². The minimum Gasteiger partial charge on any atom is -0.457 e. The summed E-state index contributed by atoms with van der Waals surface area (Å²) in [4.78, 5) is 24.9. The Kier molecular flexibility index (Phi) is 5.76. The van der Waals surface area contributed by atoms with E-state index < -0.39 is 21.6 Å². The molecule has 0 radical (unpaired) electrons. The number of aryl methyl sites for hydroxylation is 2. The van der Waals surface area contributed by atoms with Crippen molar-refractivity contribution in [3.63, 3.8) is 0 Å². The van der Waals surface area contributed by atoms with Crippen LogP contribution in [0.3, 0.4) is 0 Å². The molecule has 0 unspecified atom stereocenters. The van der Waals surface area contributed by atoms with Crippen molar-refractivity contribution in [2.24, 2.45) is 0 Å². The molecule has 1 aliphatic carbocycles. The maximum atomic E-state index is 12.9. The zero-order valence-electron chi connectivity index (χ0n) is 17.8. The van der Waals surface area contributed by atoms with Gasteiger partial charge in [0.05, 0.1) is 15.5 Å². The van der Waals surface area contributed by atoms with E-state index in [1.165, 1.54) is 39.7 Å². The molecule has 0 spiro atoms. The third-order valence-electron chi connectivity index (χ3n) is 6.26. The fourth-order valence-corrected chi connectivity index (χ4v) is 6.27. The minimum absolute atomic E-state index is 0.00196. The van der Waals surface area contributed by atoms with Crippen molar-refractivity contribution in [3.05, 3.63) is 74.1 Å². The van der Waals surface area contributed by atoms with Crippen LogP contribution in [0.15, 0.2) is 50.5 Å². The lowest BCUT2D eigenvalue weighted by Crippen LogP contribution is -2.28. The molecule has 1 saturated heterocycles. The number of esters is 1. The number of benzene rings is 2. The summed E-state index contributed by atoms with van der Waals surface area (Å²) in [6.07, 6.45) is 4.57. The van der Waals surface area contributed by atoms with Crippen LogP contribution >= 0.6 is 11.6 Å². The molecule has 0 saturated carbocycles. The molecule has 172 valence electrons. The van der Waals surface area contributed by atoms with Gasteiger partial charge in [0.15, 0.2) is 0 Å². The Balaban J connectivity index is 1.42. The first-order chi connectivity index (χ1) is 15.8. The van der Waals surface area contributed by atoms with E-state index in [1.54, 1.807) is 0 Å². The quantitative estimate of drug-likeness (QED) is 0.397. The molecule has 3 aromatic rings. The van der Waals surface area contributed by atoms with Gasteiger partial charge in [-0.2, -0.15) is 4.31 Å². The van der Waals surface area contributed by atoms with Crippen molar-refractivity contribution in [3.8, 4) is 0 Å². The van der Waals surface area contributed by atoms with Gasteiger partial charge in [0.1, 0.15) is 12.2 Å². The molecule has 5 rings (SSSR count). The van der Waals surface area contributed by atoms with Crippen molar-refractivity contribution < 1.29 is 22.4 Å². The van der Waals surface area contributed by atoms with Crippen LogP contribution in [0.1, 0.15) is 46.3 Å². The first-order valence-corrected chi connectivity index (χ1v) is 12.7. The van der Waals surface area contributed by atoms with Gasteiger partial charge in [0.25, 0.3) is 0 Å². The third-order valence-corrected chi connectivity index (χ3v) is 8.49. The van der Waals surface area contributed by atoms with Crippen LogP contribution in [0.2, 0.25) is 5.02 Å². The lowest BCUT2D eigenvalue weighted by molar-refractivity contribution is 0.0473. The second-order valence-electron chi connectivity index (χ2n) is 8.39. The van der Waals surface area contributed by atoms with Crippen molar-refractivity contribution in [1.29, 1.82) is 0 Å². The summed E-state index contributed by atoms with van der Waals surface area (Å²) in [6, 6.07) is 9.21. The molecule has 0 atom stereocenters. The largest absolute Gasteiger partial charge is 0.457 e. The van der Waals surface area contributed by atoms with Gasteiger partial charge in [-0.05, 0) is 73.6 Å². The second kappa shape index (κ2) is 8.59. The van der Waals surface area contributed by atoms with Gasteiger partial charge in [-0.25, -0.2) is 18.0 Å². The summed E-state index contributed by atoms with van der Waals surface area (Å²) in [6.45, 7) is 0.745. The molecule has 1 aromatic heterocycles. The predicted octanol–water partition coefficient (Wildman–Crippen LogP) is 4.08. The average Bonchev–Trinajstić information content (AvgIpc) is 3.48. The topological polar surface area (TPSA) is 93.9 Å². The Bertz CT molecular complexity index is 1420. The molecule has 0 amide bonds. The summed E-state index contributed by atoms with van der Waals surface area (Å²) >= 11 is 6.19. The fourth-order valence-electron chi connectivity index (χ4n) is 4.53. The maximum Gasteiger partial charge on any atom is 0.340 e. The first-order valence-electron chi connectivity index (χ1n) is 10.9. The van der Waals surface area contributed by atoms with Gasteiger partial charge in [0.2, 0.25) is 10.0 Å². The zero-order valence-corrected chi connectivity index (χ0v) is 19.4. The zero-order chi connectivity index (χ0) is 23.2. The number of sulfonamides is 1. The minimum atomic E-state index is -3.71. The highest BCUT2D eigenvalue weighted by atomic mass is 35.5. The average molecular weight is 488 g/mol. The first kappa shape index (κ1) is 22.1. The van der Waals surface area contributed by atoms with Gasteiger partial charge < -0.3 is 9.15 Å². The van der Waals surface area contributed by atoms with Crippen LogP contribution < -0.4 is 5.63 Å².